The highest BCUT2D eigenvalue weighted by molar-refractivity contribution is 5.06. The van der Waals surface area contributed by atoms with Gasteiger partial charge in [0, 0.05) is 12.1 Å². The number of alkyl halides is 2. The van der Waals surface area contributed by atoms with Gasteiger partial charge in [-0.15, -0.1) is 0 Å². The molecule has 0 amide bonds. The van der Waals surface area contributed by atoms with Gasteiger partial charge in [0.1, 0.15) is 0 Å². The molecule has 2 fully saturated rings. The fourth-order valence-corrected chi connectivity index (χ4v) is 2.58. The molecule has 0 atom stereocenters. The van der Waals surface area contributed by atoms with E-state index in [0.29, 0.717) is 0 Å². The Morgan fingerprint density at radius 3 is 2.43 bits per heavy atom. The second kappa shape index (κ2) is 3.42. The summed E-state index contributed by atoms with van der Waals surface area (Å²) in [4.78, 5) is 1.98. The van der Waals surface area contributed by atoms with Gasteiger partial charge in [-0.25, -0.2) is 8.78 Å². The van der Waals surface area contributed by atoms with E-state index in [-0.39, 0.29) is 18.6 Å². The summed E-state index contributed by atoms with van der Waals surface area (Å²) in [5, 5.41) is 2.55. The van der Waals surface area contributed by atoms with E-state index in [2.05, 4.69) is 5.32 Å². The number of nitrogens with one attached hydrogen (secondary N) is 1. The van der Waals surface area contributed by atoms with Crippen LogP contribution in [0.1, 0.15) is 25.7 Å². The van der Waals surface area contributed by atoms with E-state index in [0.717, 1.165) is 25.8 Å². The van der Waals surface area contributed by atoms with Crippen molar-refractivity contribution in [2.24, 2.45) is 0 Å². The summed E-state index contributed by atoms with van der Waals surface area (Å²) in [6.07, 6.45) is 4.60. The van der Waals surface area contributed by atoms with Gasteiger partial charge in [-0.1, -0.05) is 0 Å². The van der Waals surface area contributed by atoms with Crippen LogP contribution in [-0.4, -0.2) is 43.0 Å². The smallest absolute Gasteiger partial charge is 0.272 e. The van der Waals surface area contributed by atoms with Crippen molar-refractivity contribution in [3.8, 4) is 0 Å². The number of likely N-dealkylation sites (tertiary alicyclic amines) is 1. The maximum absolute atomic E-state index is 13.3. The van der Waals surface area contributed by atoms with Crippen LogP contribution in [0.25, 0.3) is 0 Å². The molecule has 1 heterocycles. The van der Waals surface area contributed by atoms with Crippen molar-refractivity contribution in [2.45, 2.75) is 37.1 Å². The molecular formula is C10H18F2N2. The van der Waals surface area contributed by atoms with E-state index in [1.807, 2.05) is 4.90 Å². The van der Waals surface area contributed by atoms with Crippen LogP contribution in [0.5, 0.6) is 0 Å². The highest BCUT2D eigenvalue weighted by Crippen LogP contribution is 2.47. The van der Waals surface area contributed by atoms with E-state index >= 15 is 0 Å². The van der Waals surface area contributed by atoms with Gasteiger partial charge in [0.2, 0.25) is 0 Å². The van der Waals surface area contributed by atoms with Crippen LogP contribution >= 0.6 is 0 Å². The van der Waals surface area contributed by atoms with Crippen molar-refractivity contribution < 1.29 is 8.78 Å². The topological polar surface area (TPSA) is 15.3 Å². The van der Waals surface area contributed by atoms with Crippen molar-refractivity contribution in [2.75, 3.05) is 26.7 Å². The standard InChI is InChI=1S/C10H18F2N2/c1-13-7-10(11,12)8-14-6-5-9(14)3-2-4-9/h13H,2-8H2,1H3. The number of hydrogen-bond donors (Lipinski definition) is 1. The van der Waals surface area contributed by atoms with Crippen molar-refractivity contribution in [3.63, 3.8) is 0 Å². The van der Waals surface area contributed by atoms with Crippen LogP contribution in [0.4, 0.5) is 8.78 Å². The fraction of sp³-hybridized carbons (Fsp3) is 1.00. The van der Waals surface area contributed by atoms with Gasteiger partial charge in [-0.2, -0.15) is 0 Å². The maximum atomic E-state index is 13.3. The molecule has 0 aromatic rings. The normalized spacial score (nSPS) is 25.9. The van der Waals surface area contributed by atoms with Crippen LogP contribution in [0.3, 0.4) is 0 Å². The van der Waals surface area contributed by atoms with Gasteiger partial charge in [0.25, 0.3) is 5.92 Å². The zero-order valence-corrected chi connectivity index (χ0v) is 8.65. The molecule has 4 heteroatoms. The predicted molar refractivity (Wildman–Crippen MR) is 51.6 cm³/mol. The Morgan fingerprint density at radius 1 is 1.36 bits per heavy atom. The van der Waals surface area contributed by atoms with Crippen LogP contribution in [-0.2, 0) is 0 Å². The Kier molecular flexibility index (Phi) is 2.52. The van der Waals surface area contributed by atoms with Gasteiger partial charge in [-0.3, -0.25) is 4.90 Å². The Bertz CT molecular complexity index is 209. The van der Waals surface area contributed by atoms with Crippen LogP contribution < -0.4 is 5.32 Å². The van der Waals surface area contributed by atoms with Gasteiger partial charge >= 0.3 is 0 Å². The minimum absolute atomic E-state index is 0.0617. The van der Waals surface area contributed by atoms with Crippen LogP contribution in [0, 0.1) is 0 Å². The average molecular weight is 204 g/mol. The first-order valence-electron chi connectivity index (χ1n) is 5.36. The minimum atomic E-state index is -2.57. The van der Waals surface area contributed by atoms with E-state index in [1.54, 1.807) is 7.05 Å². The molecule has 0 radical (unpaired) electrons. The molecule has 1 N–H and O–H groups in total. The lowest BCUT2D eigenvalue weighted by Gasteiger charge is -2.59. The summed E-state index contributed by atoms with van der Waals surface area (Å²) in [6, 6.07) is 0. The zero-order chi connectivity index (χ0) is 10.2. The van der Waals surface area contributed by atoms with Gasteiger partial charge in [0.05, 0.1) is 13.1 Å². The molecule has 0 aromatic carbocycles. The van der Waals surface area contributed by atoms with E-state index in [1.165, 1.54) is 6.42 Å². The fourth-order valence-electron chi connectivity index (χ4n) is 2.58. The molecule has 0 bridgehead atoms. The number of nitrogens with zero attached hydrogens (tertiary/aromatic N) is 1. The summed E-state index contributed by atoms with van der Waals surface area (Å²) in [5.41, 5.74) is 0.192. The SMILES string of the molecule is CNCC(F)(F)CN1CCC12CCC2. The van der Waals surface area contributed by atoms with E-state index in [9.17, 15) is 8.78 Å². The molecule has 2 rings (SSSR count). The first kappa shape index (κ1) is 10.3. The lowest BCUT2D eigenvalue weighted by atomic mass is 9.68. The van der Waals surface area contributed by atoms with Crippen LogP contribution in [0.2, 0.25) is 0 Å². The van der Waals surface area contributed by atoms with Crippen molar-refractivity contribution in [3.05, 3.63) is 0 Å². The third-order valence-corrected chi connectivity index (χ3v) is 3.66. The van der Waals surface area contributed by atoms with Crippen molar-refractivity contribution in [1.29, 1.82) is 0 Å². The summed E-state index contributed by atoms with van der Waals surface area (Å²) in [7, 11) is 1.57. The summed E-state index contributed by atoms with van der Waals surface area (Å²) >= 11 is 0. The first-order chi connectivity index (χ1) is 6.58. The van der Waals surface area contributed by atoms with E-state index < -0.39 is 5.92 Å². The molecule has 0 unspecified atom stereocenters. The lowest BCUT2D eigenvalue weighted by Crippen LogP contribution is -2.66. The monoisotopic (exact) mass is 204 g/mol. The Balaban J connectivity index is 1.85. The summed E-state index contributed by atoms with van der Waals surface area (Å²) < 4.78 is 26.6. The number of halogens is 2. The molecule has 2 aliphatic rings. The Hall–Kier alpha value is -0.220. The zero-order valence-electron chi connectivity index (χ0n) is 8.65. The maximum Gasteiger partial charge on any atom is 0.272 e. The number of rotatable bonds is 4. The van der Waals surface area contributed by atoms with Gasteiger partial charge in [0.15, 0.2) is 0 Å². The molecule has 1 spiro atoms. The predicted octanol–water partition coefficient (Wildman–Crippen LogP) is 1.47. The van der Waals surface area contributed by atoms with Crippen molar-refractivity contribution >= 4 is 0 Å². The highest BCUT2D eigenvalue weighted by Gasteiger charge is 2.51. The molecule has 1 aliphatic carbocycles. The number of hydrogen-bond acceptors (Lipinski definition) is 2. The summed E-state index contributed by atoms with van der Waals surface area (Å²) in [6.45, 7) is 0.590. The first-order valence-corrected chi connectivity index (χ1v) is 5.36. The summed E-state index contributed by atoms with van der Waals surface area (Å²) in [5.74, 6) is -2.57. The third kappa shape index (κ3) is 1.65. The Labute approximate surface area is 83.7 Å². The highest BCUT2D eigenvalue weighted by atomic mass is 19.3. The molecule has 14 heavy (non-hydrogen) atoms. The molecule has 2 nitrogen and oxygen atoms in total. The minimum Gasteiger partial charge on any atom is -0.314 e. The molecule has 82 valence electrons. The van der Waals surface area contributed by atoms with E-state index in [4.69, 9.17) is 0 Å². The van der Waals surface area contributed by atoms with Gasteiger partial charge < -0.3 is 5.32 Å². The largest absolute Gasteiger partial charge is 0.314 e. The van der Waals surface area contributed by atoms with Crippen LogP contribution in [0.15, 0.2) is 0 Å². The second-order valence-electron chi connectivity index (χ2n) is 4.64. The quantitative estimate of drug-likeness (QED) is 0.746. The molecule has 1 aliphatic heterocycles. The lowest BCUT2D eigenvalue weighted by molar-refractivity contribution is -0.130. The molecule has 1 saturated heterocycles. The third-order valence-electron chi connectivity index (χ3n) is 3.66. The Morgan fingerprint density at radius 2 is 2.07 bits per heavy atom. The average Bonchev–Trinajstić information content (AvgIpc) is 1.95. The molecule has 0 aromatic heterocycles. The molecule has 1 saturated carbocycles. The van der Waals surface area contributed by atoms with Crippen molar-refractivity contribution in [1.82, 2.24) is 10.2 Å². The molecular weight excluding hydrogens is 186 g/mol. The second-order valence-corrected chi connectivity index (χ2v) is 4.64. The van der Waals surface area contributed by atoms with Gasteiger partial charge in [-0.05, 0) is 32.7 Å².